The van der Waals surface area contributed by atoms with Crippen molar-refractivity contribution >= 4 is 5.91 Å². The second kappa shape index (κ2) is 13.9. The molecule has 1 N–H and O–H groups in total. The number of carbonyl (C=O) groups excluding carboxylic acids is 1. The third kappa shape index (κ3) is 9.07. The van der Waals surface area contributed by atoms with E-state index in [1.807, 2.05) is 6.92 Å². The highest BCUT2D eigenvalue weighted by Gasteiger charge is 2.31. The zero-order valence-electron chi connectivity index (χ0n) is 16.9. The van der Waals surface area contributed by atoms with E-state index in [9.17, 15) is 4.79 Å². The molecular formula is C21H38N2O2. The van der Waals surface area contributed by atoms with Gasteiger partial charge in [0.25, 0.3) is 0 Å². The van der Waals surface area contributed by atoms with Crippen molar-refractivity contribution in [1.82, 2.24) is 5.32 Å². The number of hydrogen-bond donors (Lipinski definition) is 1. The van der Waals surface area contributed by atoms with Crippen LogP contribution in [-0.4, -0.2) is 25.2 Å². The monoisotopic (exact) mass is 350 g/mol. The zero-order chi connectivity index (χ0) is 19.2. The van der Waals surface area contributed by atoms with Crippen molar-refractivity contribution in [1.29, 1.82) is 5.26 Å². The summed E-state index contributed by atoms with van der Waals surface area (Å²) in [6, 6.07) is 2.07. The van der Waals surface area contributed by atoms with Gasteiger partial charge in [0.1, 0.15) is 6.61 Å². The molecule has 0 aromatic carbocycles. The van der Waals surface area contributed by atoms with Gasteiger partial charge >= 0.3 is 0 Å². The number of hydrogen-bond acceptors (Lipinski definition) is 3. The van der Waals surface area contributed by atoms with Crippen LogP contribution in [0.25, 0.3) is 0 Å². The smallest absolute Gasteiger partial charge is 0.246 e. The summed E-state index contributed by atoms with van der Waals surface area (Å²) in [5.41, 5.74) is 0.654. The molecule has 0 spiro atoms. The molecule has 4 heteroatoms. The second-order valence-electron chi connectivity index (χ2n) is 7.10. The maximum absolute atomic E-state index is 12.2. The van der Waals surface area contributed by atoms with E-state index in [1.54, 1.807) is 0 Å². The Morgan fingerprint density at radius 2 is 1.92 bits per heavy atom. The van der Waals surface area contributed by atoms with Crippen LogP contribution in [0.15, 0.2) is 12.2 Å². The Hall–Kier alpha value is -1.34. The van der Waals surface area contributed by atoms with Gasteiger partial charge in [0.2, 0.25) is 5.91 Å². The van der Waals surface area contributed by atoms with E-state index in [0.29, 0.717) is 29.9 Å². The van der Waals surface area contributed by atoms with Gasteiger partial charge in [-0.05, 0) is 31.1 Å². The van der Waals surface area contributed by atoms with Crippen LogP contribution in [0.4, 0.5) is 0 Å². The Labute approximate surface area is 155 Å². The normalized spacial score (nSPS) is 15.7. The summed E-state index contributed by atoms with van der Waals surface area (Å²) in [5.74, 6) is 1.11. The molecule has 0 aliphatic rings. The first-order valence-corrected chi connectivity index (χ1v) is 9.87. The highest BCUT2D eigenvalue weighted by molar-refractivity contribution is 5.92. The topological polar surface area (TPSA) is 62.1 Å². The standard InChI is InChI=1S/C21H38N2O2/c1-7-10-12-16(4)20(18(6)25-14-13-22)19(9-3)15-23-21(24)17(5)11-8-2/h16,18-20H,5,7-12,14-15H2,1-4,6H3,(H,23,24). The number of carbonyl (C=O) groups is 1. The fraction of sp³-hybridized carbons (Fsp3) is 0.810. The molecular weight excluding hydrogens is 312 g/mol. The maximum atomic E-state index is 12.2. The van der Waals surface area contributed by atoms with Crippen molar-refractivity contribution in [2.24, 2.45) is 17.8 Å². The highest BCUT2D eigenvalue weighted by Crippen LogP contribution is 2.32. The van der Waals surface area contributed by atoms with Gasteiger partial charge in [-0.3, -0.25) is 4.79 Å². The van der Waals surface area contributed by atoms with Gasteiger partial charge in [0, 0.05) is 12.1 Å². The minimum atomic E-state index is -0.0362. The molecule has 1 amide bonds. The summed E-state index contributed by atoms with van der Waals surface area (Å²) in [4.78, 5) is 12.2. The number of nitrogens with zero attached hydrogens (tertiary/aromatic N) is 1. The first-order valence-electron chi connectivity index (χ1n) is 9.87. The van der Waals surface area contributed by atoms with Crippen LogP contribution in [0, 0.1) is 29.1 Å². The molecule has 0 bridgehead atoms. The second-order valence-corrected chi connectivity index (χ2v) is 7.10. The molecule has 0 saturated heterocycles. The van der Waals surface area contributed by atoms with Gasteiger partial charge < -0.3 is 10.1 Å². The van der Waals surface area contributed by atoms with Crippen LogP contribution in [0.1, 0.15) is 73.1 Å². The van der Waals surface area contributed by atoms with Crippen molar-refractivity contribution in [3.05, 3.63) is 12.2 Å². The van der Waals surface area contributed by atoms with E-state index in [4.69, 9.17) is 10.00 Å². The van der Waals surface area contributed by atoms with Crippen LogP contribution >= 0.6 is 0 Å². The Bertz CT molecular complexity index is 428. The molecule has 0 fully saturated rings. The fourth-order valence-electron chi connectivity index (χ4n) is 3.63. The summed E-state index contributed by atoms with van der Waals surface area (Å²) in [6.45, 7) is 15.4. The van der Waals surface area contributed by atoms with Gasteiger partial charge in [0.05, 0.1) is 12.2 Å². The van der Waals surface area contributed by atoms with Crippen molar-refractivity contribution in [2.75, 3.05) is 13.2 Å². The van der Waals surface area contributed by atoms with Crippen molar-refractivity contribution in [3.63, 3.8) is 0 Å². The average Bonchev–Trinajstić information content (AvgIpc) is 2.60. The van der Waals surface area contributed by atoms with Gasteiger partial charge in [-0.1, -0.05) is 66.4 Å². The largest absolute Gasteiger partial charge is 0.363 e. The molecule has 0 radical (unpaired) electrons. The molecule has 0 aliphatic heterocycles. The average molecular weight is 351 g/mol. The predicted molar refractivity (Wildman–Crippen MR) is 104 cm³/mol. The Balaban J connectivity index is 4.98. The van der Waals surface area contributed by atoms with E-state index < -0.39 is 0 Å². The van der Waals surface area contributed by atoms with E-state index in [-0.39, 0.29) is 18.6 Å². The molecule has 0 heterocycles. The zero-order valence-corrected chi connectivity index (χ0v) is 16.9. The number of nitriles is 1. The number of rotatable bonds is 14. The van der Waals surface area contributed by atoms with Crippen LogP contribution in [0.5, 0.6) is 0 Å². The molecule has 4 atom stereocenters. The lowest BCUT2D eigenvalue weighted by atomic mass is 9.75. The third-order valence-electron chi connectivity index (χ3n) is 5.09. The van der Waals surface area contributed by atoms with Gasteiger partial charge in [0.15, 0.2) is 0 Å². The summed E-state index contributed by atoms with van der Waals surface area (Å²) in [5, 5.41) is 11.9. The molecule has 4 unspecified atom stereocenters. The lowest BCUT2D eigenvalue weighted by molar-refractivity contribution is -0.118. The van der Waals surface area contributed by atoms with Crippen LogP contribution < -0.4 is 5.32 Å². The molecule has 144 valence electrons. The predicted octanol–water partition coefficient (Wildman–Crippen LogP) is 4.86. The number of nitrogens with one attached hydrogen (secondary N) is 1. The van der Waals surface area contributed by atoms with Crippen LogP contribution in [0.2, 0.25) is 0 Å². The lowest BCUT2D eigenvalue weighted by Gasteiger charge is -2.36. The molecule has 0 aliphatic carbocycles. The summed E-state index contributed by atoms with van der Waals surface area (Å²) < 4.78 is 5.74. The number of ether oxygens (including phenoxy) is 1. The van der Waals surface area contributed by atoms with E-state index in [2.05, 4.69) is 45.7 Å². The molecule has 0 aromatic rings. The highest BCUT2D eigenvalue weighted by atomic mass is 16.5. The molecule has 0 saturated carbocycles. The molecule has 25 heavy (non-hydrogen) atoms. The summed E-state index contributed by atoms with van der Waals surface area (Å²) in [6.07, 6.45) is 6.16. The van der Waals surface area contributed by atoms with Crippen LogP contribution in [0.3, 0.4) is 0 Å². The lowest BCUT2D eigenvalue weighted by Crippen LogP contribution is -2.40. The van der Waals surface area contributed by atoms with Gasteiger partial charge in [-0.25, -0.2) is 0 Å². The van der Waals surface area contributed by atoms with Crippen LogP contribution in [-0.2, 0) is 9.53 Å². The first kappa shape index (κ1) is 23.7. The quantitative estimate of drug-likeness (QED) is 0.455. The van der Waals surface area contributed by atoms with E-state index in [0.717, 1.165) is 25.7 Å². The Kier molecular flexibility index (Phi) is 13.2. The SMILES string of the molecule is C=C(CCC)C(=O)NCC(CC)C(C(C)CCCC)C(C)OCC#N. The molecule has 0 rings (SSSR count). The van der Waals surface area contributed by atoms with Crippen molar-refractivity contribution in [2.45, 2.75) is 79.2 Å². The molecule has 0 aromatic heterocycles. The Morgan fingerprint density at radius 1 is 1.24 bits per heavy atom. The maximum Gasteiger partial charge on any atom is 0.246 e. The minimum Gasteiger partial charge on any atom is -0.363 e. The van der Waals surface area contributed by atoms with E-state index in [1.165, 1.54) is 12.8 Å². The molecule has 4 nitrogen and oxygen atoms in total. The van der Waals surface area contributed by atoms with Crippen molar-refractivity contribution in [3.8, 4) is 6.07 Å². The van der Waals surface area contributed by atoms with Crippen molar-refractivity contribution < 1.29 is 9.53 Å². The third-order valence-corrected chi connectivity index (χ3v) is 5.09. The fourth-order valence-corrected chi connectivity index (χ4v) is 3.63. The Morgan fingerprint density at radius 3 is 2.44 bits per heavy atom. The van der Waals surface area contributed by atoms with E-state index >= 15 is 0 Å². The first-order chi connectivity index (χ1) is 11.9. The summed E-state index contributed by atoms with van der Waals surface area (Å²) in [7, 11) is 0. The van der Waals surface area contributed by atoms with Gasteiger partial charge in [-0.2, -0.15) is 5.26 Å². The summed E-state index contributed by atoms with van der Waals surface area (Å²) >= 11 is 0. The number of amides is 1. The minimum absolute atomic E-state index is 0.00667. The van der Waals surface area contributed by atoms with Gasteiger partial charge in [-0.15, -0.1) is 0 Å². The number of unbranched alkanes of at least 4 members (excludes halogenated alkanes) is 1.